The van der Waals surface area contributed by atoms with E-state index in [-0.39, 0.29) is 10.6 Å². The van der Waals surface area contributed by atoms with Gasteiger partial charge in [-0.2, -0.15) is 9.41 Å². The van der Waals surface area contributed by atoms with E-state index >= 15 is 0 Å². The van der Waals surface area contributed by atoms with E-state index in [2.05, 4.69) is 15.5 Å². The maximum absolute atomic E-state index is 13.1. The fourth-order valence-electron chi connectivity index (χ4n) is 3.21. The van der Waals surface area contributed by atoms with Crippen LogP contribution in [0.3, 0.4) is 0 Å². The Bertz CT molecular complexity index is 1200. The molecule has 0 aliphatic carbocycles. The highest BCUT2D eigenvalue weighted by molar-refractivity contribution is 7.89. The summed E-state index contributed by atoms with van der Waals surface area (Å²) in [5.41, 5.74) is 5.01. The molecule has 0 spiro atoms. The van der Waals surface area contributed by atoms with E-state index in [0.717, 1.165) is 24.0 Å². The minimum absolute atomic E-state index is 0.0592. The quantitative estimate of drug-likeness (QED) is 0.297. The summed E-state index contributed by atoms with van der Waals surface area (Å²) < 4.78 is 32.8. The number of hydrogen-bond donors (Lipinski definition) is 2. The Morgan fingerprint density at radius 2 is 1.94 bits per heavy atom. The van der Waals surface area contributed by atoms with Crippen LogP contribution in [0.2, 0.25) is 0 Å². The van der Waals surface area contributed by atoms with E-state index in [1.807, 2.05) is 25.3 Å². The summed E-state index contributed by atoms with van der Waals surface area (Å²) in [6.07, 6.45) is 3.11. The van der Waals surface area contributed by atoms with Gasteiger partial charge in [-0.05, 0) is 48.7 Å². The molecular formula is C23H28N4O4S2. The number of benzene rings is 2. The highest BCUT2D eigenvalue weighted by atomic mass is 32.2. The fraction of sp³-hybridized carbons (Fsp3) is 0.304. The zero-order valence-electron chi connectivity index (χ0n) is 18.9. The molecule has 10 heteroatoms. The molecule has 176 valence electrons. The van der Waals surface area contributed by atoms with Gasteiger partial charge in [0.1, 0.15) is 0 Å². The van der Waals surface area contributed by atoms with Gasteiger partial charge in [0.15, 0.2) is 11.5 Å². The number of aromatic hydroxyl groups is 1. The Labute approximate surface area is 198 Å². The molecule has 3 aromatic rings. The normalized spacial score (nSPS) is 11.9. The molecule has 0 fully saturated rings. The third-order valence-corrected chi connectivity index (χ3v) is 7.44. The summed E-state index contributed by atoms with van der Waals surface area (Å²) in [4.78, 5) is 4.79. The van der Waals surface area contributed by atoms with Gasteiger partial charge in [-0.15, -0.1) is 11.3 Å². The second-order valence-electron chi connectivity index (χ2n) is 7.27. The number of phenolic OH excluding ortho intramolecular Hbond substituents is 1. The lowest BCUT2D eigenvalue weighted by molar-refractivity contribution is 0.373. The largest absolute Gasteiger partial charge is 0.504 e. The van der Waals surface area contributed by atoms with Crippen molar-refractivity contribution in [2.24, 2.45) is 5.10 Å². The third kappa shape index (κ3) is 6.10. The first-order valence-electron chi connectivity index (χ1n) is 10.6. The summed E-state index contributed by atoms with van der Waals surface area (Å²) in [7, 11) is -2.08. The fourth-order valence-corrected chi connectivity index (χ4v) is 5.55. The Balaban J connectivity index is 1.75. The Hall–Kier alpha value is -2.95. The molecule has 33 heavy (non-hydrogen) atoms. The highest BCUT2D eigenvalue weighted by Crippen LogP contribution is 2.28. The molecule has 0 aliphatic heterocycles. The van der Waals surface area contributed by atoms with Crippen LogP contribution in [-0.4, -0.2) is 49.2 Å². The van der Waals surface area contributed by atoms with Gasteiger partial charge < -0.3 is 9.84 Å². The van der Waals surface area contributed by atoms with Crippen LogP contribution in [0.15, 0.2) is 57.8 Å². The monoisotopic (exact) mass is 488 g/mol. The van der Waals surface area contributed by atoms with Crippen molar-refractivity contribution < 1.29 is 18.3 Å². The predicted molar refractivity (Wildman–Crippen MR) is 133 cm³/mol. The molecule has 0 atom stereocenters. The lowest BCUT2D eigenvalue weighted by atomic mass is 10.2. The lowest BCUT2D eigenvalue weighted by Gasteiger charge is -2.21. The average molecular weight is 489 g/mol. The van der Waals surface area contributed by atoms with Crippen molar-refractivity contribution >= 4 is 32.7 Å². The van der Waals surface area contributed by atoms with Crippen molar-refractivity contribution in [2.75, 3.05) is 25.6 Å². The van der Waals surface area contributed by atoms with Crippen molar-refractivity contribution in [2.45, 2.75) is 31.6 Å². The first-order chi connectivity index (χ1) is 15.9. The second kappa shape index (κ2) is 11.3. The molecule has 1 aromatic heterocycles. The zero-order valence-corrected chi connectivity index (χ0v) is 20.5. The van der Waals surface area contributed by atoms with E-state index in [4.69, 9.17) is 4.74 Å². The van der Waals surface area contributed by atoms with E-state index in [0.29, 0.717) is 29.7 Å². The van der Waals surface area contributed by atoms with Crippen molar-refractivity contribution in [3.05, 3.63) is 53.4 Å². The minimum Gasteiger partial charge on any atom is -0.504 e. The van der Waals surface area contributed by atoms with E-state index in [1.54, 1.807) is 36.5 Å². The average Bonchev–Trinajstić information content (AvgIpc) is 3.29. The number of methoxy groups -OCH3 is 1. The number of nitrogens with zero attached hydrogens (tertiary/aromatic N) is 3. The SMILES string of the molecule is CCCN(CCC)S(=O)(=O)c1cccc(-c2csc(NN=Cc3ccc(O)c(OC)c3)n2)c1. The molecule has 0 aliphatic rings. The topological polar surface area (TPSA) is 104 Å². The molecular weight excluding hydrogens is 460 g/mol. The second-order valence-corrected chi connectivity index (χ2v) is 10.1. The van der Waals surface area contributed by atoms with Crippen LogP contribution in [0, 0.1) is 0 Å². The molecule has 2 aromatic carbocycles. The van der Waals surface area contributed by atoms with Gasteiger partial charge in [-0.25, -0.2) is 13.4 Å². The van der Waals surface area contributed by atoms with Crippen LogP contribution < -0.4 is 10.2 Å². The minimum atomic E-state index is -3.56. The molecule has 0 unspecified atom stereocenters. The van der Waals surface area contributed by atoms with E-state index < -0.39 is 10.0 Å². The van der Waals surface area contributed by atoms with Crippen LogP contribution in [0.25, 0.3) is 11.3 Å². The number of hydrazone groups is 1. The third-order valence-electron chi connectivity index (χ3n) is 4.80. The molecule has 1 heterocycles. The first-order valence-corrected chi connectivity index (χ1v) is 12.9. The van der Waals surface area contributed by atoms with Gasteiger partial charge in [0.2, 0.25) is 15.2 Å². The predicted octanol–water partition coefficient (Wildman–Crippen LogP) is 4.78. The molecule has 0 radical (unpaired) electrons. The van der Waals surface area contributed by atoms with Crippen molar-refractivity contribution in [1.82, 2.24) is 9.29 Å². The number of thiazole rings is 1. The number of rotatable bonds is 11. The summed E-state index contributed by atoms with van der Waals surface area (Å²) in [6.45, 7) is 4.93. The molecule has 8 nitrogen and oxygen atoms in total. The number of ether oxygens (including phenoxy) is 1. The molecule has 0 amide bonds. The van der Waals surface area contributed by atoms with Gasteiger partial charge in [-0.1, -0.05) is 26.0 Å². The Morgan fingerprint density at radius 3 is 2.64 bits per heavy atom. The number of nitrogens with one attached hydrogen (secondary N) is 1. The van der Waals surface area contributed by atoms with Gasteiger partial charge in [0.25, 0.3) is 0 Å². The van der Waals surface area contributed by atoms with Crippen molar-refractivity contribution in [3.63, 3.8) is 0 Å². The van der Waals surface area contributed by atoms with Crippen molar-refractivity contribution in [1.29, 1.82) is 0 Å². The van der Waals surface area contributed by atoms with Crippen LogP contribution in [0.4, 0.5) is 5.13 Å². The molecule has 0 saturated heterocycles. The summed E-state index contributed by atoms with van der Waals surface area (Å²) in [6, 6.07) is 11.8. The number of aromatic nitrogens is 1. The standard InChI is InChI=1S/C23H28N4O4S2/c1-4-11-27(12-5-2)33(29,30)19-8-6-7-18(14-19)20-16-32-23(25-20)26-24-15-17-9-10-21(28)22(13-17)31-3/h6-10,13-16,28H,4-5,11-12H2,1-3H3,(H,25,26). The first kappa shape index (κ1) is 24.7. The molecule has 0 saturated carbocycles. The molecule has 2 N–H and O–H groups in total. The summed E-state index contributed by atoms with van der Waals surface area (Å²) in [5, 5.41) is 16.3. The van der Waals surface area contributed by atoms with E-state index in [1.165, 1.54) is 28.8 Å². The highest BCUT2D eigenvalue weighted by Gasteiger charge is 2.23. The summed E-state index contributed by atoms with van der Waals surface area (Å²) in [5.74, 6) is 0.422. The van der Waals surface area contributed by atoms with E-state index in [9.17, 15) is 13.5 Å². The maximum atomic E-state index is 13.1. The molecule has 3 rings (SSSR count). The molecule has 0 bridgehead atoms. The summed E-state index contributed by atoms with van der Waals surface area (Å²) >= 11 is 1.37. The maximum Gasteiger partial charge on any atom is 0.243 e. The number of anilines is 1. The van der Waals surface area contributed by atoms with Crippen LogP contribution in [0.5, 0.6) is 11.5 Å². The van der Waals surface area contributed by atoms with Gasteiger partial charge in [0.05, 0.1) is 23.9 Å². The Kier molecular flexibility index (Phi) is 8.43. The van der Waals surface area contributed by atoms with Crippen LogP contribution in [0.1, 0.15) is 32.3 Å². The van der Waals surface area contributed by atoms with Crippen LogP contribution >= 0.6 is 11.3 Å². The van der Waals surface area contributed by atoms with Crippen LogP contribution in [-0.2, 0) is 10.0 Å². The number of sulfonamides is 1. The smallest absolute Gasteiger partial charge is 0.243 e. The number of hydrogen-bond acceptors (Lipinski definition) is 8. The lowest BCUT2D eigenvalue weighted by Crippen LogP contribution is -2.32. The zero-order chi connectivity index (χ0) is 23.8. The van der Waals surface area contributed by atoms with Gasteiger partial charge >= 0.3 is 0 Å². The van der Waals surface area contributed by atoms with Gasteiger partial charge in [-0.3, -0.25) is 5.43 Å². The van der Waals surface area contributed by atoms with Gasteiger partial charge in [0, 0.05) is 24.0 Å². The van der Waals surface area contributed by atoms with Crippen molar-refractivity contribution in [3.8, 4) is 22.8 Å². The number of phenols is 1. The Morgan fingerprint density at radius 1 is 1.18 bits per heavy atom.